The summed E-state index contributed by atoms with van der Waals surface area (Å²) in [5, 5.41) is 14.4. The summed E-state index contributed by atoms with van der Waals surface area (Å²) in [6, 6.07) is 14.4. The van der Waals surface area contributed by atoms with E-state index in [1.807, 2.05) is 23.9 Å². The molecule has 2 fully saturated rings. The fraction of sp³-hybridized carbons (Fsp3) is 0.360. The molecular formula is C25H23ClN2O3S2. The van der Waals surface area contributed by atoms with Gasteiger partial charge >= 0.3 is 4.87 Å². The van der Waals surface area contributed by atoms with Crippen LogP contribution in [-0.4, -0.2) is 20.8 Å². The molecule has 1 amide bonds. The third-order valence-corrected chi connectivity index (χ3v) is 10.5. The van der Waals surface area contributed by atoms with Crippen molar-refractivity contribution in [2.75, 3.05) is 5.32 Å². The first-order chi connectivity index (χ1) is 16.0. The largest absolute Gasteiger partial charge is 0.508 e. The predicted molar refractivity (Wildman–Crippen MR) is 133 cm³/mol. The van der Waals surface area contributed by atoms with Gasteiger partial charge in [0.05, 0.1) is 5.03 Å². The van der Waals surface area contributed by atoms with E-state index in [0.717, 1.165) is 9.90 Å². The lowest BCUT2D eigenvalue weighted by Crippen LogP contribution is -2.34. The quantitative estimate of drug-likeness (QED) is 0.462. The van der Waals surface area contributed by atoms with Crippen LogP contribution in [0.2, 0.25) is 5.02 Å². The van der Waals surface area contributed by atoms with Gasteiger partial charge in [0, 0.05) is 26.8 Å². The van der Waals surface area contributed by atoms with Crippen LogP contribution in [0.4, 0.5) is 5.69 Å². The zero-order chi connectivity index (χ0) is 22.7. The first kappa shape index (κ1) is 21.3. The van der Waals surface area contributed by atoms with Crippen molar-refractivity contribution in [1.29, 1.82) is 0 Å². The minimum atomic E-state index is -0.248. The van der Waals surface area contributed by atoms with Crippen LogP contribution in [0, 0.1) is 17.8 Å². The number of nitrogens with one attached hydrogen (secondary N) is 1. The number of fused-ring (bicyclic) bond motifs is 6. The first-order valence-electron chi connectivity index (χ1n) is 11.2. The average molecular weight is 499 g/mol. The summed E-state index contributed by atoms with van der Waals surface area (Å²) in [6.07, 6.45) is 3.81. The lowest BCUT2D eigenvalue weighted by Gasteiger charge is -2.40. The predicted octanol–water partition coefficient (Wildman–Crippen LogP) is 5.56. The molecule has 5 atom stereocenters. The number of phenols is 1. The number of aromatic nitrogens is 1. The Hall–Kier alpha value is -2.22. The molecule has 2 bridgehead atoms. The molecule has 2 N–H and O–H groups in total. The maximum Gasteiger partial charge on any atom is 0.308 e. The molecule has 5 nitrogen and oxygen atoms in total. The lowest BCUT2D eigenvalue weighted by molar-refractivity contribution is -0.116. The Morgan fingerprint density at radius 1 is 1.09 bits per heavy atom. The van der Waals surface area contributed by atoms with E-state index in [-0.39, 0.29) is 29.0 Å². The Labute approximate surface area is 204 Å². The van der Waals surface area contributed by atoms with Gasteiger partial charge in [-0.2, -0.15) is 0 Å². The highest BCUT2D eigenvalue weighted by Crippen LogP contribution is 2.64. The number of aromatic hydroxyl groups is 1. The number of amides is 1. The molecule has 0 spiro atoms. The Morgan fingerprint density at radius 2 is 1.82 bits per heavy atom. The van der Waals surface area contributed by atoms with Gasteiger partial charge in [-0.3, -0.25) is 14.2 Å². The summed E-state index contributed by atoms with van der Waals surface area (Å²) in [5.74, 6) is 1.98. The van der Waals surface area contributed by atoms with Gasteiger partial charge in [0.25, 0.3) is 0 Å². The number of phenolic OH excluding ortho intramolecular Hbond substituents is 1. The van der Waals surface area contributed by atoms with Crippen molar-refractivity contribution in [2.24, 2.45) is 17.8 Å². The molecule has 170 valence electrons. The molecule has 1 aliphatic heterocycles. The molecule has 2 saturated carbocycles. The summed E-state index contributed by atoms with van der Waals surface area (Å²) in [5.41, 5.74) is 1.81. The number of thioether (sulfide) groups is 1. The van der Waals surface area contributed by atoms with Crippen LogP contribution in [0.5, 0.6) is 5.75 Å². The normalized spacial score (nSPS) is 27.2. The van der Waals surface area contributed by atoms with Crippen molar-refractivity contribution in [2.45, 2.75) is 42.0 Å². The van der Waals surface area contributed by atoms with Gasteiger partial charge in [-0.05, 0) is 79.0 Å². The SMILES string of the molecule is O=C(Cn1c2c(sc1=O)[C@H](c1ccc(Cl)cc1)C1C3CCC(C3)C1S2)Nc1ccc(O)cc1. The standard InChI is InChI=1S/C25H23ClN2O3S2/c26-16-5-3-13(4-6-16)20-21-14-1-2-15(11-14)22(21)32-24-23(20)33-25(31)28(24)12-19(30)27-17-7-9-18(29)10-8-17/h3-10,14-15,20-22,29H,1-2,11-12H2,(H,27,30)/t14?,15?,20-,21?,22?/m1/s1. The van der Waals surface area contributed by atoms with Gasteiger partial charge in [-0.25, -0.2) is 0 Å². The van der Waals surface area contributed by atoms with Crippen LogP contribution in [0.15, 0.2) is 58.4 Å². The summed E-state index contributed by atoms with van der Waals surface area (Å²) in [4.78, 5) is 26.9. The fourth-order valence-electron chi connectivity index (χ4n) is 6.02. The van der Waals surface area contributed by atoms with E-state index in [1.165, 1.54) is 48.3 Å². The zero-order valence-electron chi connectivity index (χ0n) is 17.7. The van der Waals surface area contributed by atoms with Crippen molar-refractivity contribution in [3.63, 3.8) is 0 Å². The number of rotatable bonds is 4. The number of carbonyl (C=O) groups is 1. The third-order valence-electron chi connectivity index (χ3n) is 7.37. The van der Waals surface area contributed by atoms with Gasteiger partial charge in [0.1, 0.15) is 12.3 Å². The van der Waals surface area contributed by atoms with Crippen molar-refractivity contribution in [1.82, 2.24) is 4.57 Å². The number of hydrogen-bond acceptors (Lipinski definition) is 5. The van der Waals surface area contributed by atoms with Crippen molar-refractivity contribution in [3.8, 4) is 5.75 Å². The van der Waals surface area contributed by atoms with E-state index in [1.54, 1.807) is 16.7 Å². The molecule has 3 aromatic rings. The highest BCUT2D eigenvalue weighted by molar-refractivity contribution is 8.00. The Morgan fingerprint density at radius 3 is 2.58 bits per heavy atom. The molecule has 4 unspecified atom stereocenters. The van der Waals surface area contributed by atoms with Gasteiger partial charge in [-0.1, -0.05) is 35.1 Å². The minimum absolute atomic E-state index is 0.0165. The van der Waals surface area contributed by atoms with Crippen LogP contribution in [-0.2, 0) is 11.3 Å². The van der Waals surface area contributed by atoms with Crippen LogP contribution in [0.3, 0.4) is 0 Å². The molecule has 6 rings (SSSR count). The van der Waals surface area contributed by atoms with E-state index < -0.39 is 0 Å². The summed E-state index contributed by atoms with van der Waals surface area (Å²) < 4.78 is 1.66. The van der Waals surface area contributed by atoms with Crippen LogP contribution in [0.25, 0.3) is 0 Å². The summed E-state index contributed by atoms with van der Waals surface area (Å²) in [6.45, 7) is -0.0165. The fourth-order valence-corrected chi connectivity index (χ4v) is 9.30. The second-order valence-corrected chi connectivity index (χ2v) is 11.8. The smallest absolute Gasteiger partial charge is 0.308 e. The number of benzene rings is 2. The highest BCUT2D eigenvalue weighted by atomic mass is 35.5. The summed E-state index contributed by atoms with van der Waals surface area (Å²) >= 11 is 9.29. The molecule has 0 saturated heterocycles. The number of halogens is 1. The van der Waals surface area contributed by atoms with Crippen LogP contribution < -0.4 is 10.2 Å². The number of carbonyl (C=O) groups excluding carboxylic acids is 1. The number of anilines is 1. The summed E-state index contributed by atoms with van der Waals surface area (Å²) in [7, 11) is 0. The lowest BCUT2D eigenvalue weighted by atomic mass is 9.75. The van der Waals surface area contributed by atoms with Crippen molar-refractivity contribution < 1.29 is 9.90 Å². The second-order valence-electron chi connectivity index (χ2n) is 9.24. The van der Waals surface area contributed by atoms with E-state index >= 15 is 0 Å². The Kier molecular flexibility index (Phi) is 5.31. The van der Waals surface area contributed by atoms with Crippen molar-refractivity contribution in [3.05, 3.63) is 73.7 Å². The molecule has 1 aromatic heterocycles. The number of hydrogen-bond donors (Lipinski definition) is 2. The molecule has 8 heteroatoms. The second kappa shape index (κ2) is 8.22. The molecular weight excluding hydrogens is 476 g/mol. The Balaban J connectivity index is 1.36. The molecule has 2 heterocycles. The van der Waals surface area contributed by atoms with E-state index in [2.05, 4.69) is 17.4 Å². The Bertz CT molecular complexity index is 1270. The van der Waals surface area contributed by atoms with Crippen LogP contribution >= 0.6 is 34.7 Å². The van der Waals surface area contributed by atoms with E-state index in [0.29, 0.717) is 33.7 Å². The van der Waals surface area contributed by atoms with Gasteiger partial charge in [0.2, 0.25) is 5.91 Å². The van der Waals surface area contributed by atoms with Gasteiger partial charge < -0.3 is 10.4 Å². The van der Waals surface area contributed by atoms with Gasteiger partial charge in [-0.15, -0.1) is 11.8 Å². The van der Waals surface area contributed by atoms with Gasteiger partial charge in [0.15, 0.2) is 0 Å². The molecule has 0 radical (unpaired) electrons. The zero-order valence-corrected chi connectivity index (χ0v) is 20.1. The van der Waals surface area contributed by atoms with Crippen molar-refractivity contribution >= 4 is 46.3 Å². The molecule has 2 aliphatic carbocycles. The third kappa shape index (κ3) is 3.70. The number of thiazole rings is 1. The first-order valence-corrected chi connectivity index (χ1v) is 13.3. The molecule has 3 aliphatic rings. The van der Waals surface area contributed by atoms with E-state index in [9.17, 15) is 14.7 Å². The molecule has 2 aromatic carbocycles. The average Bonchev–Trinajstić information content (AvgIpc) is 3.49. The van der Waals surface area contributed by atoms with Crippen LogP contribution in [0.1, 0.15) is 35.6 Å². The topological polar surface area (TPSA) is 71.3 Å². The highest BCUT2D eigenvalue weighted by Gasteiger charge is 2.55. The monoisotopic (exact) mass is 498 g/mol. The molecule has 33 heavy (non-hydrogen) atoms. The maximum absolute atomic E-state index is 13.1. The maximum atomic E-state index is 13.1. The number of nitrogens with zero attached hydrogens (tertiary/aromatic N) is 1. The minimum Gasteiger partial charge on any atom is -0.508 e. The van der Waals surface area contributed by atoms with E-state index in [4.69, 9.17) is 11.6 Å².